The molecule has 0 fully saturated rings. The smallest absolute Gasteiger partial charge is 0.129 e. The van der Waals surface area contributed by atoms with Crippen molar-refractivity contribution in [2.75, 3.05) is 5.32 Å². The van der Waals surface area contributed by atoms with Gasteiger partial charge in [-0.05, 0) is 59.1 Å². The maximum absolute atomic E-state index is 9.49. The standard InChI is InChI=1S/C17H20BrNO2/c1-3-12(2)21-15-6-4-5-14(10-15)19-11-13-7-8-17(20)16(18)9-13/h4-10,12,19-20H,3,11H2,1-2H3. The Labute approximate surface area is 134 Å². The third-order valence-electron chi connectivity index (χ3n) is 3.25. The van der Waals surface area contributed by atoms with Gasteiger partial charge in [0.25, 0.3) is 0 Å². The lowest BCUT2D eigenvalue weighted by atomic mass is 10.2. The van der Waals surface area contributed by atoms with E-state index in [1.54, 1.807) is 6.07 Å². The molecule has 0 heterocycles. The molecule has 4 heteroatoms. The summed E-state index contributed by atoms with van der Waals surface area (Å²) in [5.41, 5.74) is 2.10. The van der Waals surface area contributed by atoms with E-state index in [1.807, 2.05) is 36.4 Å². The number of rotatable bonds is 6. The molecule has 1 unspecified atom stereocenters. The van der Waals surface area contributed by atoms with Crippen molar-refractivity contribution in [1.29, 1.82) is 0 Å². The van der Waals surface area contributed by atoms with Gasteiger partial charge in [0.1, 0.15) is 11.5 Å². The van der Waals surface area contributed by atoms with Crippen molar-refractivity contribution in [2.24, 2.45) is 0 Å². The fraction of sp³-hybridized carbons (Fsp3) is 0.294. The average molecular weight is 350 g/mol. The zero-order valence-corrected chi connectivity index (χ0v) is 13.9. The van der Waals surface area contributed by atoms with Crippen LogP contribution in [0.15, 0.2) is 46.9 Å². The Kier molecular flexibility index (Phi) is 5.51. The topological polar surface area (TPSA) is 41.5 Å². The normalized spacial score (nSPS) is 12.0. The van der Waals surface area contributed by atoms with Crippen LogP contribution in [0.25, 0.3) is 0 Å². The highest BCUT2D eigenvalue weighted by Crippen LogP contribution is 2.25. The van der Waals surface area contributed by atoms with Gasteiger partial charge in [-0.25, -0.2) is 0 Å². The number of anilines is 1. The summed E-state index contributed by atoms with van der Waals surface area (Å²) in [6, 6.07) is 13.4. The van der Waals surface area contributed by atoms with Gasteiger partial charge in [-0.1, -0.05) is 19.1 Å². The predicted molar refractivity (Wildman–Crippen MR) is 90.0 cm³/mol. The van der Waals surface area contributed by atoms with Crippen molar-refractivity contribution in [1.82, 2.24) is 0 Å². The Balaban J connectivity index is 1.99. The number of benzene rings is 2. The summed E-state index contributed by atoms with van der Waals surface area (Å²) in [4.78, 5) is 0. The van der Waals surface area contributed by atoms with Crippen molar-refractivity contribution in [3.8, 4) is 11.5 Å². The molecule has 1 atom stereocenters. The molecule has 0 aromatic heterocycles. The molecule has 0 aliphatic rings. The van der Waals surface area contributed by atoms with Gasteiger partial charge in [-0.3, -0.25) is 0 Å². The Bertz CT molecular complexity index is 601. The van der Waals surface area contributed by atoms with E-state index in [2.05, 4.69) is 35.1 Å². The van der Waals surface area contributed by atoms with Crippen molar-refractivity contribution in [2.45, 2.75) is 32.9 Å². The number of halogens is 1. The highest BCUT2D eigenvalue weighted by molar-refractivity contribution is 9.10. The Morgan fingerprint density at radius 3 is 2.76 bits per heavy atom. The fourth-order valence-electron chi connectivity index (χ4n) is 1.86. The number of hydrogen-bond acceptors (Lipinski definition) is 3. The minimum atomic E-state index is 0.216. The summed E-state index contributed by atoms with van der Waals surface area (Å²) in [5.74, 6) is 1.13. The van der Waals surface area contributed by atoms with E-state index in [0.29, 0.717) is 11.0 Å². The van der Waals surface area contributed by atoms with Crippen LogP contribution in [0, 0.1) is 0 Å². The molecule has 0 spiro atoms. The second kappa shape index (κ2) is 7.36. The number of phenolic OH excluding ortho intramolecular Hbond substituents is 1. The van der Waals surface area contributed by atoms with Crippen LogP contribution in [-0.4, -0.2) is 11.2 Å². The predicted octanol–water partition coefficient (Wildman–Crippen LogP) is 4.94. The number of nitrogens with one attached hydrogen (secondary N) is 1. The SMILES string of the molecule is CCC(C)Oc1cccc(NCc2ccc(O)c(Br)c2)c1. The number of hydrogen-bond donors (Lipinski definition) is 2. The lowest BCUT2D eigenvalue weighted by Crippen LogP contribution is -2.09. The van der Waals surface area contributed by atoms with Crippen LogP contribution in [0.3, 0.4) is 0 Å². The molecule has 0 amide bonds. The van der Waals surface area contributed by atoms with Crippen LogP contribution >= 0.6 is 15.9 Å². The van der Waals surface area contributed by atoms with E-state index in [-0.39, 0.29) is 11.9 Å². The molecule has 0 aliphatic heterocycles. The van der Waals surface area contributed by atoms with Crippen LogP contribution in [0.2, 0.25) is 0 Å². The van der Waals surface area contributed by atoms with Crippen LogP contribution in [0.1, 0.15) is 25.8 Å². The van der Waals surface area contributed by atoms with Crippen molar-refractivity contribution < 1.29 is 9.84 Å². The van der Waals surface area contributed by atoms with Gasteiger partial charge in [0, 0.05) is 18.3 Å². The largest absolute Gasteiger partial charge is 0.507 e. The lowest BCUT2D eigenvalue weighted by molar-refractivity contribution is 0.217. The second-order valence-electron chi connectivity index (χ2n) is 5.00. The molecular formula is C17H20BrNO2. The highest BCUT2D eigenvalue weighted by Gasteiger charge is 2.03. The zero-order chi connectivity index (χ0) is 15.2. The minimum Gasteiger partial charge on any atom is -0.507 e. The summed E-state index contributed by atoms with van der Waals surface area (Å²) in [7, 11) is 0. The van der Waals surface area contributed by atoms with Gasteiger partial charge in [0.2, 0.25) is 0 Å². The maximum atomic E-state index is 9.49. The molecule has 2 N–H and O–H groups in total. The summed E-state index contributed by atoms with van der Waals surface area (Å²) in [6.07, 6.45) is 1.20. The van der Waals surface area contributed by atoms with Gasteiger partial charge >= 0.3 is 0 Å². The number of phenols is 1. The molecule has 112 valence electrons. The summed E-state index contributed by atoms with van der Waals surface area (Å²) >= 11 is 3.32. The molecule has 2 rings (SSSR count). The first-order valence-electron chi connectivity index (χ1n) is 7.06. The van der Waals surface area contributed by atoms with Crippen LogP contribution in [-0.2, 0) is 6.54 Å². The summed E-state index contributed by atoms with van der Waals surface area (Å²) in [6.45, 7) is 4.86. The molecule has 0 aliphatic carbocycles. The van der Waals surface area contributed by atoms with Crippen molar-refractivity contribution in [3.63, 3.8) is 0 Å². The first-order valence-corrected chi connectivity index (χ1v) is 7.85. The maximum Gasteiger partial charge on any atom is 0.129 e. The van der Waals surface area contributed by atoms with Gasteiger partial charge in [0.15, 0.2) is 0 Å². The highest BCUT2D eigenvalue weighted by atomic mass is 79.9. The number of aromatic hydroxyl groups is 1. The number of ether oxygens (including phenoxy) is 1. The van der Waals surface area contributed by atoms with Crippen molar-refractivity contribution >= 4 is 21.6 Å². The molecule has 0 radical (unpaired) electrons. The van der Waals surface area contributed by atoms with Gasteiger partial charge in [-0.15, -0.1) is 0 Å². The summed E-state index contributed by atoms with van der Waals surface area (Å²) in [5, 5.41) is 12.8. The average Bonchev–Trinajstić information content (AvgIpc) is 2.49. The van der Waals surface area contributed by atoms with E-state index in [9.17, 15) is 5.11 Å². The Hall–Kier alpha value is -1.68. The molecular weight excluding hydrogens is 330 g/mol. The first-order chi connectivity index (χ1) is 10.1. The van der Waals surface area contributed by atoms with E-state index in [0.717, 1.165) is 23.4 Å². The van der Waals surface area contributed by atoms with Crippen LogP contribution in [0.5, 0.6) is 11.5 Å². The van der Waals surface area contributed by atoms with Gasteiger partial charge in [0.05, 0.1) is 10.6 Å². The third kappa shape index (κ3) is 4.67. The van der Waals surface area contributed by atoms with E-state index >= 15 is 0 Å². The van der Waals surface area contributed by atoms with Gasteiger partial charge in [-0.2, -0.15) is 0 Å². The monoisotopic (exact) mass is 349 g/mol. The third-order valence-corrected chi connectivity index (χ3v) is 3.89. The zero-order valence-electron chi connectivity index (χ0n) is 12.3. The van der Waals surface area contributed by atoms with E-state index in [4.69, 9.17) is 4.74 Å². The minimum absolute atomic E-state index is 0.216. The molecule has 0 bridgehead atoms. The molecule has 0 saturated carbocycles. The summed E-state index contributed by atoms with van der Waals surface area (Å²) < 4.78 is 6.51. The molecule has 2 aromatic carbocycles. The van der Waals surface area contributed by atoms with E-state index in [1.165, 1.54) is 0 Å². The van der Waals surface area contributed by atoms with Gasteiger partial charge < -0.3 is 15.2 Å². The Morgan fingerprint density at radius 1 is 1.24 bits per heavy atom. The quantitative estimate of drug-likeness (QED) is 0.775. The fourth-order valence-corrected chi connectivity index (χ4v) is 2.29. The van der Waals surface area contributed by atoms with E-state index < -0.39 is 0 Å². The van der Waals surface area contributed by atoms with Crippen LogP contribution < -0.4 is 10.1 Å². The lowest BCUT2D eigenvalue weighted by Gasteiger charge is -2.14. The second-order valence-corrected chi connectivity index (χ2v) is 5.86. The first kappa shape index (κ1) is 15.7. The molecule has 2 aromatic rings. The Morgan fingerprint density at radius 2 is 2.05 bits per heavy atom. The molecule has 3 nitrogen and oxygen atoms in total. The van der Waals surface area contributed by atoms with Crippen LogP contribution in [0.4, 0.5) is 5.69 Å². The molecule has 21 heavy (non-hydrogen) atoms. The molecule has 0 saturated heterocycles. The van der Waals surface area contributed by atoms with Crippen molar-refractivity contribution in [3.05, 3.63) is 52.5 Å².